The summed E-state index contributed by atoms with van der Waals surface area (Å²) in [6.07, 6.45) is 2.75. The SMILES string of the molecule is CNc1conc1C1Cc2cccc(C)c2C1C. The first-order valence-corrected chi connectivity index (χ1v) is 6.42. The lowest BCUT2D eigenvalue weighted by Crippen LogP contribution is -2.06. The van der Waals surface area contributed by atoms with Crippen molar-refractivity contribution in [1.29, 1.82) is 0 Å². The van der Waals surface area contributed by atoms with Crippen molar-refractivity contribution in [2.24, 2.45) is 0 Å². The van der Waals surface area contributed by atoms with E-state index in [-0.39, 0.29) is 0 Å². The average Bonchev–Trinajstić information content (AvgIpc) is 2.94. The summed E-state index contributed by atoms with van der Waals surface area (Å²) in [5.74, 6) is 0.917. The summed E-state index contributed by atoms with van der Waals surface area (Å²) in [6, 6.07) is 6.57. The van der Waals surface area contributed by atoms with E-state index in [1.807, 2.05) is 7.05 Å². The van der Waals surface area contributed by atoms with E-state index < -0.39 is 0 Å². The number of rotatable bonds is 2. The van der Waals surface area contributed by atoms with Gasteiger partial charge in [0.2, 0.25) is 0 Å². The van der Waals surface area contributed by atoms with Crippen molar-refractivity contribution in [3.63, 3.8) is 0 Å². The van der Waals surface area contributed by atoms with E-state index in [1.165, 1.54) is 16.7 Å². The molecule has 0 aliphatic heterocycles. The van der Waals surface area contributed by atoms with Crippen molar-refractivity contribution in [3.05, 3.63) is 46.8 Å². The molecule has 2 atom stereocenters. The molecule has 2 unspecified atom stereocenters. The van der Waals surface area contributed by atoms with Crippen LogP contribution >= 0.6 is 0 Å². The van der Waals surface area contributed by atoms with Crippen LogP contribution in [-0.4, -0.2) is 12.2 Å². The number of aromatic nitrogens is 1. The van der Waals surface area contributed by atoms with Crippen LogP contribution in [0.5, 0.6) is 0 Å². The quantitative estimate of drug-likeness (QED) is 0.876. The minimum absolute atomic E-state index is 0.419. The molecular weight excluding hydrogens is 224 g/mol. The van der Waals surface area contributed by atoms with Gasteiger partial charge in [-0.2, -0.15) is 0 Å². The largest absolute Gasteiger partial charge is 0.384 e. The molecule has 1 aliphatic carbocycles. The van der Waals surface area contributed by atoms with Crippen molar-refractivity contribution in [3.8, 4) is 0 Å². The Kier molecular flexibility index (Phi) is 2.62. The number of aryl methyl sites for hydroxylation is 1. The van der Waals surface area contributed by atoms with Crippen LogP contribution in [0.4, 0.5) is 5.69 Å². The lowest BCUT2D eigenvalue weighted by molar-refractivity contribution is 0.401. The number of hydrogen-bond donors (Lipinski definition) is 1. The van der Waals surface area contributed by atoms with Gasteiger partial charge in [0.25, 0.3) is 0 Å². The van der Waals surface area contributed by atoms with E-state index in [1.54, 1.807) is 6.26 Å². The number of nitrogens with zero attached hydrogens (tertiary/aromatic N) is 1. The monoisotopic (exact) mass is 242 g/mol. The van der Waals surface area contributed by atoms with Gasteiger partial charge in [0.15, 0.2) is 0 Å². The second kappa shape index (κ2) is 4.16. The fourth-order valence-electron chi connectivity index (χ4n) is 3.22. The molecule has 0 saturated carbocycles. The number of anilines is 1. The molecule has 3 nitrogen and oxygen atoms in total. The standard InChI is InChI=1S/C15H18N2O/c1-9-5-4-6-11-7-12(10(2)14(9)11)15-13(16-3)8-18-17-15/h4-6,8,10,12,16H,7H2,1-3H3. The molecule has 1 N–H and O–H groups in total. The number of hydrogen-bond acceptors (Lipinski definition) is 3. The third kappa shape index (κ3) is 1.54. The molecule has 0 radical (unpaired) electrons. The van der Waals surface area contributed by atoms with Crippen molar-refractivity contribution in [2.45, 2.75) is 32.1 Å². The Morgan fingerprint density at radius 1 is 1.39 bits per heavy atom. The van der Waals surface area contributed by atoms with Crippen LogP contribution in [0.3, 0.4) is 0 Å². The summed E-state index contributed by atoms with van der Waals surface area (Å²) < 4.78 is 5.11. The maximum Gasteiger partial charge on any atom is 0.147 e. The molecule has 0 bridgehead atoms. The molecule has 1 aromatic heterocycles. The van der Waals surface area contributed by atoms with E-state index in [4.69, 9.17) is 4.52 Å². The molecule has 1 aliphatic rings. The average molecular weight is 242 g/mol. The molecule has 3 heteroatoms. The maximum atomic E-state index is 5.11. The van der Waals surface area contributed by atoms with Crippen LogP contribution in [0.1, 0.15) is 41.1 Å². The van der Waals surface area contributed by atoms with Crippen molar-refractivity contribution < 1.29 is 4.52 Å². The smallest absolute Gasteiger partial charge is 0.147 e. The first-order valence-electron chi connectivity index (χ1n) is 6.42. The van der Waals surface area contributed by atoms with E-state index in [2.05, 4.69) is 42.5 Å². The van der Waals surface area contributed by atoms with Crippen LogP contribution in [0, 0.1) is 6.92 Å². The van der Waals surface area contributed by atoms with E-state index >= 15 is 0 Å². The third-order valence-electron chi connectivity index (χ3n) is 4.13. The Morgan fingerprint density at radius 2 is 2.22 bits per heavy atom. The zero-order valence-corrected chi connectivity index (χ0v) is 11.0. The Morgan fingerprint density at radius 3 is 2.94 bits per heavy atom. The van der Waals surface area contributed by atoms with Gasteiger partial charge in [0, 0.05) is 13.0 Å². The van der Waals surface area contributed by atoms with Gasteiger partial charge >= 0.3 is 0 Å². The van der Waals surface area contributed by atoms with Crippen LogP contribution in [0.15, 0.2) is 29.0 Å². The molecule has 1 aromatic carbocycles. The topological polar surface area (TPSA) is 38.1 Å². The highest BCUT2D eigenvalue weighted by Gasteiger charge is 2.34. The first-order chi connectivity index (χ1) is 8.72. The molecule has 3 rings (SSSR count). The molecule has 0 saturated heterocycles. The second-order valence-corrected chi connectivity index (χ2v) is 5.11. The molecular formula is C15H18N2O. The van der Waals surface area contributed by atoms with Crippen molar-refractivity contribution >= 4 is 5.69 Å². The lowest BCUT2D eigenvalue weighted by atomic mass is 9.89. The van der Waals surface area contributed by atoms with Gasteiger partial charge < -0.3 is 9.84 Å². The molecule has 94 valence electrons. The Bertz CT molecular complexity index is 574. The number of benzene rings is 1. The Labute approximate surface area is 107 Å². The van der Waals surface area contributed by atoms with Crippen molar-refractivity contribution in [1.82, 2.24) is 5.16 Å². The summed E-state index contributed by atoms with van der Waals surface area (Å²) in [7, 11) is 1.91. The highest BCUT2D eigenvalue weighted by atomic mass is 16.5. The van der Waals surface area contributed by atoms with Gasteiger partial charge in [-0.05, 0) is 36.0 Å². The Balaban J connectivity index is 2.02. The van der Waals surface area contributed by atoms with Gasteiger partial charge in [0.1, 0.15) is 12.0 Å². The van der Waals surface area contributed by atoms with Crippen LogP contribution in [-0.2, 0) is 6.42 Å². The molecule has 0 amide bonds. The molecule has 0 fully saturated rings. The predicted octanol–water partition coefficient (Wildman–Crippen LogP) is 3.47. The van der Waals surface area contributed by atoms with Crippen LogP contribution in [0.25, 0.3) is 0 Å². The van der Waals surface area contributed by atoms with Gasteiger partial charge in [-0.15, -0.1) is 0 Å². The highest BCUT2D eigenvalue weighted by molar-refractivity contribution is 5.52. The molecule has 2 aromatic rings. The summed E-state index contributed by atoms with van der Waals surface area (Å²) in [5, 5.41) is 7.35. The van der Waals surface area contributed by atoms with Crippen LogP contribution in [0.2, 0.25) is 0 Å². The fourth-order valence-corrected chi connectivity index (χ4v) is 3.22. The summed E-state index contributed by atoms with van der Waals surface area (Å²) in [6.45, 7) is 4.48. The molecule has 0 spiro atoms. The number of nitrogens with one attached hydrogen (secondary N) is 1. The highest BCUT2D eigenvalue weighted by Crippen LogP contribution is 2.46. The molecule has 1 heterocycles. The zero-order valence-electron chi connectivity index (χ0n) is 11.0. The van der Waals surface area contributed by atoms with Gasteiger partial charge in [0.05, 0.1) is 5.69 Å². The summed E-state index contributed by atoms with van der Waals surface area (Å²) in [4.78, 5) is 0. The minimum Gasteiger partial charge on any atom is -0.384 e. The molecule has 18 heavy (non-hydrogen) atoms. The zero-order chi connectivity index (χ0) is 12.7. The Hall–Kier alpha value is -1.77. The number of fused-ring (bicyclic) bond motifs is 1. The van der Waals surface area contributed by atoms with E-state index in [0.717, 1.165) is 17.8 Å². The lowest BCUT2D eigenvalue weighted by Gasteiger charge is -2.15. The second-order valence-electron chi connectivity index (χ2n) is 5.11. The van der Waals surface area contributed by atoms with Gasteiger partial charge in [-0.3, -0.25) is 0 Å². The van der Waals surface area contributed by atoms with E-state index in [9.17, 15) is 0 Å². The van der Waals surface area contributed by atoms with Gasteiger partial charge in [-0.1, -0.05) is 30.3 Å². The van der Waals surface area contributed by atoms with E-state index in [0.29, 0.717) is 11.8 Å². The summed E-state index contributed by atoms with van der Waals surface area (Å²) in [5.41, 5.74) is 6.40. The minimum atomic E-state index is 0.419. The van der Waals surface area contributed by atoms with Gasteiger partial charge in [-0.25, -0.2) is 0 Å². The normalized spacial score (nSPS) is 21.9. The maximum absolute atomic E-state index is 5.11. The van der Waals surface area contributed by atoms with Crippen molar-refractivity contribution in [2.75, 3.05) is 12.4 Å². The third-order valence-corrected chi connectivity index (χ3v) is 4.13. The summed E-state index contributed by atoms with van der Waals surface area (Å²) >= 11 is 0. The first kappa shape index (κ1) is 11.3. The predicted molar refractivity (Wildman–Crippen MR) is 72.1 cm³/mol. The van der Waals surface area contributed by atoms with Crippen LogP contribution < -0.4 is 5.32 Å². The fraction of sp³-hybridized carbons (Fsp3) is 0.400.